The second-order valence-corrected chi connectivity index (χ2v) is 7.96. The highest BCUT2D eigenvalue weighted by molar-refractivity contribution is 7.98. The molecule has 0 aliphatic carbocycles. The summed E-state index contributed by atoms with van der Waals surface area (Å²) >= 11 is 1.72. The molecule has 0 spiro atoms. The molecule has 2 heterocycles. The number of aromatic carboxylic acids is 1. The first-order chi connectivity index (χ1) is 15.3. The van der Waals surface area contributed by atoms with Gasteiger partial charge in [-0.25, -0.2) is 4.79 Å². The zero-order valence-electron chi connectivity index (χ0n) is 19.2. The van der Waals surface area contributed by atoms with Crippen molar-refractivity contribution in [1.29, 1.82) is 0 Å². The van der Waals surface area contributed by atoms with Gasteiger partial charge in [-0.05, 0) is 44.3 Å². The molecule has 0 aliphatic heterocycles. The standard InChI is InChI=1S/C13H22N4O3S.C8H9NO2.ClH/c1-14-13(9-17(18)19)15-6-7-21-10-12-5-4-11(20-12)8-16(2)3;1-2-6-3-4-9-5-7(6)8(10)11;/h4-5,9,14-15H,6-8,10H2,1-3H3;3-5H,2H2,1H3,(H,10,11);1H. The van der Waals surface area contributed by atoms with Crippen molar-refractivity contribution in [2.75, 3.05) is 33.4 Å². The van der Waals surface area contributed by atoms with E-state index in [0.29, 0.717) is 17.9 Å². The van der Waals surface area contributed by atoms with Gasteiger partial charge >= 0.3 is 5.97 Å². The molecule has 2 aromatic heterocycles. The number of aryl methyl sites for hydroxylation is 1. The molecule has 2 rings (SSSR count). The van der Waals surface area contributed by atoms with Crippen LogP contribution in [0.5, 0.6) is 0 Å². The number of nitrogens with zero attached hydrogens (tertiary/aromatic N) is 3. The van der Waals surface area contributed by atoms with Gasteiger partial charge in [0.15, 0.2) is 5.82 Å². The van der Waals surface area contributed by atoms with Crippen molar-refractivity contribution in [3.8, 4) is 0 Å². The van der Waals surface area contributed by atoms with Crippen LogP contribution in [0.4, 0.5) is 0 Å². The number of hydrogen-bond donors (Lipinski definition) is 3. The summed E-state index contributed by atoms with van der Waals surface area (Å²) in [4.78, 5) is 26.2. The first kappa shape index (κ1) is 30.2. The van der Waals surface area contributed by atoms with Crippen molar-refractivity contribution >= 4 is 30.1 Å². The lowest BCUT2D eigenvalue weighted by Gasteiger charge is -2.07. The molecule has 10 nitrogen and oxygen atoms in total. The van der Waals surface area contributed by atoms with Crippen molar-refractivity contribution in [3.63, 3.8) is 0 Å². The van der Waals surface area contributed by atoms with E-state index in [2.05, 4.69) is 20.5 Å². The molecule has 0 bridgehead atoms. The van der Waals surface area contributed by atoms with E-state index < -0.39 is 10.9 Å². The maximum absolute atomic E-state index is 10.5. The van der Waals surface area contributed by atoms with Crippen LogP contribution in [-0.2, 0) is 18.7 Å². The topological polar surface area (TPSA) is 134 Å². The van der Waals surface area contributed by atoms with Crippen LogP contribution < -0.4 is 10.6 Å². The Kier molecular flexibility index (Phi) is 15.4. The van der Waals surface area contributed by atoms with Gasteiger partial charge in [0.1, 0.15) is 11.5 Å². The summed E-state index contributed by atoms with van der Waals surface area (Å²) in [5.74, 6) is 3.04. The van der Waals surface area contributed by atoms with E-state index in [0.717, 1.165) is 47.8 Å². The SMILES string of the molecule is CCc1ccncc1C(=O)O.CNC(=C[N+](=O)[O-])NCCSCc1ccc(CN(C)C)o1.Cl. The summed E-state index contributed by atoms with van der Waals surface area (Å²) in [5, 5.41) is 24.7. The Morgan fingerprint density at radius 3 is 2.58 bits per heavy atom. The minimum atomic E-state index is -0.907. The van der Waals surface area contributed by atoms with Gasteiger partial charge in [-0.2, -0.15) is 11.8 Å². The number of nitro groups is 1. The van der Waals surface area contributed by atoms with E-state index in [1.807, 2.05) is 33.2 Å². The van der Waals surface area contributed by atoms with E-state index in [1.54, 1.807) is 31.1 Å². The van der Waals surface area contributed by atoms with Gasteiger partial charge in [-0.1, -0.05) is 6.92 Å². The van der Waals surface area contributed by atoms with Crippen LogP contribution >= 0.6 is 24.2 Å². The molecule has 0 amide bonds. The number of halogens is 1. The molecular weight excluding hydrogens is 470 g/mol. The van der Waals surface area contributed by atoms with Crippen molar-refractivity contribution in [2.24, 2.45) is 0 Å². The number of hydrogen-bond acceptors (Lipinski definition) is 9. The second-order valence-electron chi connectivity index (χ2n) is 6.85. The van der Waals surface area contributed by atoms with Crippen molar-refractivity contribution < 1.29 is 19.2 Å². The number of carboxylic acids is 1. The summed E-state index contributed by atoms with van der Waals surface area (Å²) in [6, 6.07) is 5.71. The van der Waals surface area contributed by atoms with Gasteiger partial charge in [0.05, 0.1) is 22.8 Å². The highest BCUT2D eigenvalue weighted by Crippen LogP contribution is 2.16. The minimum absolute atomic E-state index is 0. The van der Waals surface area contributed by atoms with Gasteiger partial charge in [-0.3, -0.25) is 15.1 Å². The van der Waals surface area contributed by atoms with Gasteiger partial charge < -0.3 is 25.1 Å². The zero-order valence-corrected chi connectivity index (χ0v) is 20.9. The Morgan fingerprint density at radius 2 is 2.03 bits per heavy atom. The monoisotopic (exact) mass is 501 g/mol. The summed E-state index contributed by atoms with van der Waals surface area (Å²) in [7, 11) is 5.64. The van der Waals surface area contributed by atoms with Crippen molar-refractivity contribution in [1.82, 2.24) is 20.5 Å². The Labute approximate surface area is 204 Å². The fourth-order valence-electron chi connectivity index (χ4n) is 2.56. The quantitative estimate of drug-likeness (QED) is 0.226. The number of nitrogens with one attached hydrogen (secondary N) is 2. The normalized spacial score (nSPS) is 10.6. The Hall–Kier alpha value is -2.76. The molecule has 0 saturated heterocycles. The largest absolute Gasteiger partial charge is 0.478 e. The van der Waals surface area contributed by atoms with Crippen LogP contribution in [0.1, 0.15) is 34.4 Å². The van der Waals surface area contributed by atoms with Crippen LogP contribution in [0, 0.1) is 10.1 Å². The molecule has 0 atom stereocenters. The van der Waals surface area contributed by atoms with Gasteiger partial charge in [0.25, 0.3) is 6.20 Å². The smallest absolute Gasteiger partial charge is 0.337 e. The lowest BCUT2D eigenvalue weighted by molar-refractivity contribution is -0.404. The average Bonchev–Trinajstić information content (AvgIpc) is 3.19. The fourth-order valence-corrected chi connectivity index (χ4v) is 3.30. The van der Waals surface area contributed by atoms with E-state index in [1.165, 1.54) is 6.20 Å². The fraction of sp³-hybridized carbons (Fsp3) is 0.429. The lowest BCUT2D eigenvalue weighted by atomic mass is 10.1. The molecule has 0 fully saturated rings. The summed E-state index contributed by atoms with van der Waals surface area (Å²) in [5.41, 5.74) is 1.13. The highest BCUT2D eigenvalue weighted by Gasteiger charge is 2.07. The molecule has 0 unspecified atom stereocenters. The van der Waals surface area contributed by atoms with E-state index in [9.17, 15) is 14.9 Å². The molecule has 0 aromatic carbocycles. The maximum atomic E-state index is 10.5. The molecule has 12 heteroatoms. The summed E-state index contributed by atoms with van der Waals surface area (Å²) in [6.07, 6.45) is 4.63. The number of pyridine rings is 1. The maximum Gasteiger partial charge on any atom is 0.337 e. The van der Waals surface area contributed by atoms with Gasteiger partial charge in [0.2, 0.25) is 0 Å². The van der Waals surface area contributed by atoms with Crippen molar-refractivity contribution in [2.45, 2.75) is 25.6 Å². The predicted molar refractivity (Wildman–Crippen MR) is 132 cm³/mol. The number of rotatable bonds is 12. The number of furan rings is 1. The first-order valence-corrected chi connectivity index (χ1v) is 11.1. The molecule has 3 N–H and O–H groups in total. The van der Waals surface area contributed by atoms with Gasteiger partial charge in [-0.15, -0.1) is 12.4 Å². The van der Waals surface area contributed by atoms with Crippen molar-refractivity contribution in [3.05, 3.63) is 75.4 Å². The molecular formula is C21H32ClN5O5S. The molecule has 0 aliphatic rings. The lowest BCUT2D eigenvalue weighted by Crippen LogP contribution is -2.26. The third-order valence-corrected chi connectivity index (χ3v) is 5.00. The molecule has 33 heavy (non-hydrogen) atoms. The molecule has 2 aromatic rings. The van der Waals surface area contributed by atoms with Crippen LogP contribution in [0.15, 0.2) is 47.0 Å². The second kappa shape index (κ2) is 16.8. The molecule has 0 saturated carbocycles. The highest BCUT2D eigenvalue weighted by atomic mass is 35.5. The molecule has 184 valence electrons. The van der Waals surface area contributed by atoms with E-state index in [-0.39, 0.29) is 12.4 Å². The van der Waals surface area contributed by atoms with Crippen LogP contribution in [0.25, 0.3) is 0 Å². The molecule has 0 radical (unpaired) electrons. The number of aromatic nitrogens is 1. The average molecular weight is 502 g/mol. The Bertz CT molecular complexity index is 891. The number of thioether (sulfide) groups is 1. The first-order valence-electron chi connectivity index (χ1n) is 10.00. The van der Waals surface area contributed by atoms with Gasteiger partial charge in [0, 0.05) is 31.7 Å². The van der Waals surface area contributed by atoms with E-state index in [4.69, 9.17) is 9.52 Å². The summed E-state index contributed by atoms with van der Waals surface area (Å²) in [6.45, 7) is 3.36. The Balaban J connectivity index is 0.000000720. The number of carboxylic acid groups (broad SMARTS) is 1. The third kappa shape index (κ3) is 12.8. The van der Waals surface area contributed by atoms with Crippen LogP contribution in [-0.4, -0.2) is 59.3 Å². The summed E-state index contributed by atoms with van der Waals surface area (Å²) < 4.78 is 5.70. The van der Waals surface area contributed by atoms with Crippen LogP contribution in [0.3, 0.4) is 0 Å². The van der Waals surface area contributed by atoms with Crippen LogP contribution in [0.2, 0.25) is 0 Å². The number of carbonyl (C=O) groups is 1. The predicted octanol–water partition coefficient (Wildman–Crippen LogP) is 3.22. The Morgan fingerprint density at radius 1 is 1.33 bits per heavy atom. The third-order valence-electron chi connectivity index (χ3n) is 4.02. The van der Waals surface area contributed by atoms with E-state index >= 15 is 0 Å². The minimum Gasteiger partial charge on any atom is -0.478 e. The zero-order chi connectivity index (χ0) is 23.9.